The first-order valence-corrected chi connectivity index (χ1v) is 7.16. The zero-order valence-electron chi connectivity index (χ0n) is 10.4. The van der Waals surface area contributed by atoms with Crippen molar-refractivity contribution in [1.82, 2.24) is 5.32 Å². The molecule has 0 unspecified atom stereocenters. The number of hydrogen-bond acceptors (Lipinski definition) is 5. The van der Waals surface area contributed by atoms with Crippen LogP contribution in [0.15, 0.2) is 41.0 Å². The van der Waals surface area contributed by atoms with Gasteiger partial charge in [-0.2, -0.15) is 5.26 Å². The number of benzene rings is 1. The van der Waals surface area contributed by atoms with Gasteiger partial charge in [0.1, 0.15) is 11.6 Å². The van der Waals surface area contributed by atoms with Gasteiger partial charge < -0.3 is 10.6 Å². The summed E-state index contributed by atoms with van der Waals surface area (Å²) in [5, 5.41) is 15.7. The quantitative estimate of drug-likeness (QED) is 0.664. The Labute approximate surface area is 125 Å². The lowest BCUT2D eigenvalue weighted by Crippen LogP contribution is -2.18. The summed E-state index contributed by atoms with van der Waals surface area (Å²) in [6.45, 7) is 0.747. The number of anilines is 1. The molecular weight excluding hydrogens is 296 g/mol. The predicted octanol–water partition coefficient (Wildman–Crippen LogP) is 2.38. The summed E-state index contributed by atoms with van der Waals surface area (Å²) in [4.78, 5) is 16.1. The monoisotopic (exact) mass is 306 g/mol. The second-order valence-corrected chi connectivity index (χ2v) is 5.33. The molecule has 5 nitrogen and oxygen atoms in total. The van der Waals surface area contributed by atoms with Crippen LogP contribution in [0.5, 0.6) is 0 Å². The van der Waals surface area contributed by atoms with Crippen LogP contribution in [-0.2, 0) is 4.79 Å². The van der Waals surface area contributed by atoms with Gasteiger partial charge in [-0.1, -0.05) is 29.4 Å². The molecule has 1 aliphatic rings. The van der Waals surface area contributed by atoms with Crippen molar-refractivity contribution in [3.63, 3.8) is 0 Å². The lowest BCUT2D eigenvalue weighted by Gasteiger charge is -2.05. The molecule has 0 saturated carbocycles. The lowest BCUT2D eigenvalue weighted by atomic mass is 10.2. The summed E-state index contributed by atoms with van der Waals surface area (Å²) in [6, 6.07) is 8.58. The molecule has 1 aliphatic heterocycles. The number of amidine groups is 1. The van der Waals surface area contributed by atoms with Crippen LogP contribution in [0, 0.1) is 11.3 Å². The fraction of sp³-hybridized carbons (Fsp3) is 0.154. The van der Waals surface area contributed by atoms with Gasteiger partial charge in [0.25, 0.3) is 5.91 Å². The third-order valence-electron chi connectivity index (χ3n) is 2.37. The van der Waals surface area contributed by atoms with E-state index in [1.165, 1.54) is 6.20 Å². The molecule has 2 N–H and O–H groups in total. The zero-order valence-corrected chi connectivity index (χ0v) is 12.0. The van der Waals surface area contributed by atoms with Crippen LogP contribution in [0.2, 0.25) is 5.02 Å². The maximum atomic E-state index is 11.9. The molecule has 0 fully saturated rings. The summed E-state index contributed by atoms with van der Waals surface area (Å²) in [5.74, 6) is 0.415. The fourth-order valence-corrected chi connectivity index (χ4v) is 2.36. The number of aliphatic imine (C=N–C) groups is 1. The fourth-order valence-electron chi connectivity index (χ4n) is 1.47. The summed E-state index contributed by atoms with van der Waals surface area (Å²) >= 11 is 7.38. The molecule has 20 heavy (non-hydrogen) atoms. The van der Waals surface area contributed by atoms with Gasteiger partial charge in [-0.25, -0.2) is 0 Å². The highest BCUT2D eigenvalue weighted by molar-refractivity contribution is 8.14. The second kappa shape index (κ2) is 6.98. The molecule has 0 bridgehead atoms. The van der Waals surface area contributed by atoms with Gasteiger partial charge in [0.2, 0.25) is 0 Å². The SMILES string of the molecule is N#C/C(=C/NC1=NCCS1)C(=O)Nc1cccc(Cl)c1. The second-order valence-electron chi connectivity index (χ2n) is 3.81. The van der Waals surface area contributed by atoms with Crippen LogP contribution >= 0.6 is 23.4 Å². The minimum Gasteiger partial charge on any atom is -0.340 e. The highest BCUT2D eigenvalue weighted by atomic mass is 35.5. The van der Waals surface area contributed by atoms with E-state index in [2.05, 4.69) is 15.6 Å². The van der Waals surface area contributed by atoms with Crippen molar-refractivity contribution in [3.8, 4) is 6.07 Å². The number of nitrogens with zero attached hydrogens (tertiary/aromatic N) is 2. The molecule has 0 radical (unpaired) electrons. The summed E-state index contributed by atoms with van der Waals surface area (Å²) < 4.78 is 0. The number of nitriles is 1. The van der Waals surface area contributed by atoms with Crippen LogP contribution < -0.4 is 10.6 Å². The molecule has 0 aliphatic carbocycles. The first-order valence-electron chi connectivity index (χ1n) is 5.80. The number of nitrogens with one attached hydrogen (secondary N) is 2. The summed E-state index contributed by atoms with van der Waals surface area (Å²) in [6.07, 6.45) is 1.36. The van der Waals surface area contributed by atoms with Crippen LogP contribution in [0.3, 0.4) is 0 Å². The topological polar surface area (TPSA) is 77.3 Å². The molecule has 1 amide bonds. The van der Waals surface area contributed by atoms with Gasteiger partial charge in [-0.05, 0) is 18.2 Å². The predicted molar refractivity (Wildman–Crippen MR) is 81.7 cm³/mol. The van der Waals surface area contributed by atoms with Gasteiger partial charge >= 0.3 is 0 Å². The third kappa shape index (κ3) is 4.02. The average Bonchev–Trinajstić information content (AvgIpc) is 2.92. The van der Waals surface area contributed by atoms with Gasteiger partial charge in [0.15, 0.2) is 5.17 Å². The maximum absolute atomic E-state index is 11.9. The molecule has 7 heteroatoms. The van der Waals surface area contributed by atoms with E-state index in [4.69, 9.17) is 16.9 Å². The summed E-state index contributed by atoms with van der Waals surface area (Å²) in [7, 11) is 0. The minimum atomic E-state index is -0.495. The number of thioether (sulfide) groups is 1. The van der Waals surface area contributed by atoms with Crippen molar-refractivity contribution >= 4 is 40.1 Å². The Morgan fingerprint density at radius 3 is 3.05 bits per heavy atom. The number of rotatable bonds is 3. The lowest BCUT2D eigenvalue weighted by molar-refractivity contribution is -0.112. The Morgan fingerprint density at radius 1 is 1.55 bits per heavy atom. The van der Waals surface area contributed by atoms with E-state index in [1.807, 2.05) is 6.07 Å². The van der Waals surface area contributed by atoms with Crippen LogP contribution in [-0.4, -0.2) is 23.4 Å². The van der Waals surface area contributed by atoms with E-state index in [0.29, 0.717) is 15.9 Å². The van der Waals surface area contributed by atoms with Crippen LogP contribution in [0.1, 0.15) is 0 Å². The van der Waals surface area contributed by atoms with E-state index in [0.717, 1.165) is 12.3 Å². The molecule has 0 spiro atoms. The molecule has 1 aromatic rings. The largest absolute Gasteiger partial charge is 0.340 e. The van der Waals surface area contributed by atoms with E-state index < -0.39 is 5.91 Å². The molecule has 1 heterocycles. The molecular formula is C13H11ClN4OS. The molecule has 0 saturated heterocycles. The Kier molecular flexibility index (Phi) is 5.04. The zero-order chi connectivity index (χ0) is 14.4. The van der Waals surface area contributed by atoms with E-state index >= 15 is 0 Å². The van der Waals surface area contributed by atoms with Crippen molar-refractivity contribution in [2.75, 3.05) is 17.6 Å². The minimum absolute atomic E-state index is 0.0276. The van der Waals surface area contributed by atoms with Crippen molar-refractivity contribution in [2.45, 2.75) is 0 Å². The van der Waals surface area contributed by atoms with Crippen molar-refractivity contribution in [1.29, 1.82) is 5.26 Å². The average molecular weight is 307 g/mol. The van der Waals surface area contributed by atoms with Crippen molar-refractivity contribution < 1.29 is 4.79 Å². The first-order chi connectivity index (χ1) is 9.69. The number of hydrogen-bond donors (Lipinski definition) is 2. The first kappa shape index (κ1) is 14.4. The Balaban J connectivity index is 2.02. The number of carbonyl (C=O) groups is 1. The Bertz CT molecular complexity index is 621. The molecule has 102 valence electrons. The van der Waals surface area contributed by atoms with Gasteiger partial charge in [-0.3, -0.25) is 9.79 Å². The Hall–Kier alpha value is -1.97. The number of amides is 1. The number of carbonyl (C=O) groups excluding carboxylic acids is 1. The van der Waals surface area contributed by atoms with Gasteiger partial charge in [-0.15, -0.1) is 0 Å². The third-order valence-corrected chi connectivity index (χ3v) is 3.52. The molecule has 2 rings (SSSR count). The van der Waals surface area contributed by atoms with Crippen LogP contribution in [0.4, 0.5) is 5.69 Å². The molecule has 1 aromatic carbocycles. The maximum Gasteiger partial charge on any atom is 0.267 e. The van der Waals surface area contributed by atoms with E-state index in [-0.39, 0.29) is 5.57 Å². The van der Waals surface area contributed by atoms with Crippen LogP contribution in [0.25, 0.3) is 0 Å². The highest BCUT2D eigenvalue weighted by Crippen LogP contribution is 2.15. The van der Waals surface area contributed by atoms with Gasteiger partial charge in [0.05, 0.1) is 6.54 Å². The van der Waals surface area contributed by atoms with Crippen molar-refractivity contribution in [2.24, 2.45) is 4.99 Å². The molecule has 0 atom stereocenters. The normalized spacial score (nSPS) is 14.4. The summed E-state index contributed by atoms with van der Waals surface area (Å²) in [5.41, 5.74) is 0.511. The van der Waals surface area contributed by atoms with E-state index in [9.17, 15) is 4.79 Å². The highest BCUT2D eigenvalue weighted by Gasteiger charge is 2.11. The van der Waals surface area contributed by atoms with Gasteiger partial charge in [0, 0.05) is 22.7 Å². The Morgan fingerprint density at radius 2 is 2.40 bits per heavy atom. The molecule has 0 aromatic heterocycles. The smallest absolute Gasteiger partial charge is 0.267 e. The standard InChI is InChI=1S/C13H11ClN4OS/c14-10-2-1-3-11(6-10)18-12(19)9(7-15)8-17-13-16-4-5-20-13/h1-3,6,8H,4-5H2,(H,16,17)(H,18,19)/b9-8-. The van der Waals surface area contributed by atoms with E-state index in [1.54, 1.807) is 36.0 Å². The van der Waals surface area contributed by atoms with Crippen molar-refractivity contribution in [3.05, 3.63) is 41.1 Å². The number of halogens is 1.